The van der Waals surface area contributed by atoms with Crippen LogP contribution >= 0.6 is 0 Å². The van der Waals surface area contributed by atoms with E-state index in [0.29, 0.717) is 5.69 Å². The molecule has 0 bridgehead atoms. The fourth-order valence-electron chi connectivity index (χ4n) is 2.96. The summed E-state index contributed by atoms with van der Waals surface area (Å²) in [5, 5.41) is 13.0. The molecule has 1 aliphatic carbocycles. The lowest BCUT2D eigenvalue weighted by molar-refractivity contribution is 0.0815. The van der Waals surface area contributed by atoms with Gasteiger partial charge in [-0.1, -0.05) is 25.3 Å². The summed E-state index contributed by atoms with van der Waals surface area (Å²) in [6.45, 7) is 1.98. The van der Waals surface area contributed by atoms with Gasteiger partial charge in [-0.05, 0) is 31.9 Å². The van der Waals surface area contributed by atoms with Crippen molar-refractivity contribution in [3.8, 4) is 0 Å². The Balaban J connectivity index is 1.78. The van der Waals surface area contributed by atoms with E-state index >= 15 is 0 Å². The van der Waals surface area contributed by atoms with E-state index in [2.05, 4.69) is 10.3 Å². The lowest BCUT2D eigenvalue weighted by atomic mass is 10.1. The maximum absolute atomic E-state index is 12.4. The summed E-state index contributed by atoms with van der Waals surface area (Å²) < 4.78 is 1.90. The van der Waals surface area contributed by atoms with Crippen LogP contribution in [0, 0.1) is 6.92 Å². The van der Waals surface area contributed by atoms with Crippen molar-refractivity contribution in [3.05, 3.63) is 35.8 Å². The van der Waals surface area contributed by atoms with E-state index in [0.717, 1.165) is 43.4 Å². The van der Waals surface area contributed by atoms with Gasteiger partial charge in [-0.15, -0.1) is 0 Å². The Morgan fingerprint density at radius 3 is 2.95 bits per heavy atom. The number of aromatic nitrogens is 2. The van der Waals surface area contributed by atoms with Gasteiger partial charge in [-0.25, -0.2) is 4.98 Å². The number of hydrogen-bond acceptors (Lipinski definition) is 3. The van der Waals surface area contributed by atoms with Crippen molar-refractivity contribution in [1.29, 1.82) is 0 Å². The van der Waals surface area contributed by atoms with E-state index in [4.69, 9.17) is 0 Å². The first-order valence-corrected chi connectivity index (χ1v) is 7.59. The zero-order valence-electron chi connectivity index (χ0n) is 12.2. The molecular weight excluding hydrogens is 266 g/mol. The third-order valence-corrected chi connectivity index (χ3v) is 4.22. The van der Waals surface area contributed by atoms with E-state index in [-0.39, 0.29) is 11.9 Å². The van der Waals surface area contributed by atoms with Crippen LogP contribution in [0.3, 0.4) is 0 Å². The smallest absolute Gasteiger partial charge is 0.271 e. The van der Waals surface area contributed by atoms with Crippen LogP contribution in [-0.4, -0.2) is 32.5 Å². The van der Waals surface area contributed by atoms with Crippen molar-refractivity contribution in [2.24, 2.45) is 0 Å². The number of aliphatic hydroxyl groups excluding tert-OH is 1. The second-order valence-corrected chi connectivity index (χ2v) is 5.81. The SMILES string of the molecule is Cc1cccc2nc(C(=O)NC3CCCCCC3O)cn12. The molecule has 2 heterocycles. The number of hydrogen-bond donors (Lipinski definition) is 2. The molecule has 5 heteroatoms. The fraction of sp³-hybridized carbons (Fsp3) is 0.500. The first kappa shape index (κ1) is 14.1. The fourth-order valence-corrected chi connectivity index (χ4v) is 2.96. The van der Waals surface area contributed by atoms with Crippen LogP contribution in [0.1, 0.15) is 48.3 Å². The molecule has 5 nitrogen and oxygen atoms in total. The van der Waals surface area contributed by atoms with Crippen molar-refractivity contribution >= 4 is 11.6 Å². The molecule has 1 amide bonds. The van der Waals surface area contributed by atoms with E-state index in [9.17, 15) is 9.90 Å². The predicted molar refractivity (Wildman–Crippen MR) is 80.3 cm³/mol. The Kier molecular flexibility index (Phi) is 3.92. The molecule has 21 heavy (non-hydrogen) atoms. The average molecular weight is 287 g/mol. The summed E-state index contributed by atoms with van der Waals surface area (Å²) in [6.07, 6.45) is 6.09. The number of imidazole rings is 1. The van der Waals surface area contributed by atoms with Gasteiger partial charge in [-0.2, -0.15) is 0 Å². The largest absolute Gasteiger partial charge is 0.391 e. The minimum Gasteiger partial charge on any atom is -0.391 e. The van der Waals surface area contributed by atoms with Crippen molar-refractivity contribution < 1.29 is 9.90 Å². The Hall–Kier alpha value is -1.88. The van der Waals surface area contributed by atoms with E-state index < -0.39 is 6.10 Å². The molecule has 112 valence electrons. The third kappa shape index (κ3) is 2.93. The van der Waals surface area contributed by atoms with Gasteiger partial charge >= 0.3 is 0 Å². The van der Waals surface area contributed by atoms with Crippen LogP contribution in [0.15, 0.2) is 24.4 Å². The molecule has 0 saturated heterocycles. The van der Waals surface area contributed by atoms with Crippen LogP contribution < -0.4 is 5.32 Å². The first-order chi connectivity index (χ1) is 10.1. The lowest BCUT2D eigenvalue weighted by Gasteiger charge is -2.21. The molecule has 0 aliphatic heterocycles. The molecule has 0 aromatic carbocycles. The van der Waals surface area contributed by atoms with Crippen molar-refractivity contribution in [2.45, 2.75) is 51.2 Å². The summed E-state index contributed by atoms with van der Waals surface area (Å²) in [6, 6.07) is 5.62. The van der Waals surface area contributed by atoms with Crippen molar-refractivity contribution in [3.63, 3.8) is 0 Å². The first-order valence-electron chi connectivity index (χ1n) is 7.59. The van der Waals surface area contributed by atoms with Crippen molar-refractivity contribution in [1.82, 2.24) is 14.7 Å². The number of nitrogens with one attached hydrogen (secondary N) is 1. The molecule has 3 rings (SSSR count). The second kappa shape index (κ2) is 5.85. The normalized spacial score (nSPS) is 23.0. The van der Waals surface area contributed by atoms with Gasteiger partial charge < -0.3 is 14.8 Å². The summed E-state index contributed by atoms with van der Waals surface area (Å²) in [5.74, 6) is -0.205. The number of nitrogens with zero attached hydrogens (tertiary/aromatic N) is 2. The van der Waals surface area contributed by atoms with Crippen LogP contribution in [0.25, 0.3) is 5.65 Å². The van der Waals surface area contributed by atoms with Crippen LogP contribution in [-0.2, 0) is 0 Å². The molecule has 1 saturated carbocycles. The van der Waals surface area contributed by atoms with Gasteiger partial charge in [-0.3, -0.25) is 4.79 Å². The third-order valence-electron chi connectivity index (χ3n) is 4.22. The summed E-state index contributed by atoms with van der Waals surface area (Å²) in [4.78, 5) is 16.7. The molecule has 0 radical (unpaired) electrons. The average Bonchev–Trinajstić information content (AvgIpc) is 2.81. The quantitative estimate of drug-likeness (QED) is 0.831. The van der Waals surface area contributed by atoms with Crippen LogP contribution in [0.2, 0.25) is 0 Å². The van der Waals surface area contributed by atoms with Gasteiger partial charge in [0, 0.05) is 11.9 Å². The number of carbonyl (C=O) groups excluding carboxylic acids is 1. The Labute approximate surface area is 124 Å². The minimum atomic E-state index is -0.449. The van der Waals surface area contributed by atoms with Crippen molar-refractivity contribution in [2.75, 3.05) is 0 Å². The topological polar surface area (TPSA) is 66.6 Å². The van der Waals surface area contributed by atoms with E-state index in [1.165, 1.54) is 0 Å². The number of rotatable bonds is 2. The highest BCUT2D eigenvalue weighted by Crippen LogP contribution is 2.18. The number of pyridine rings is 1. The predicted octanol–water partition coefficient (Wildman–Crippen LogP) is 2.07. The molecule has 1 fully saturated rings. The van der Waals surface area contributed by atoms with Crippen LogP contribution in [0.4, 0.5) is 0 Å². The number of aryl methyl sites for hydroxylation is 1. The van der Waals surface area contributed by atoms with Gasteiger partial charge in [0.05, 0.1) is 12.1 Å². The van der Waals surface area contributed by atoms with Gasteiger partial charge in [0.2, 0.25) is 0 Å². The maximum atomic E-state index is 12.4. The highest BCUT2D eigenvalue weighted by molar-refractivity contribution is 5.93. The Morgan fingerprint density at radius 2 is 2.14 bits per heavy atom. The standard InChI is InChI=1S/C16H21N3O2/c1-11-6-5-9-15-17-13(10-19(11)15)16(21)18-12-7-3-2-4-8-14(12)20/h5-6,9-10,12,14,20H,2-4,7-8H2,1H3,(H,18,21). The van der Waals surface area contributed by atoms with Gasteiger partial charge in [0.25, 0.3) is 5.91 Å². The highest BCUT2D eigenvalue weighted by atomic mass is 16.3. The Bertz CT molecular complexity index is 650. The monoisotopic (exact) mass is 287 g/mol. The zero-order chi connectivity index (χ0) is 14.8. The zero-order valence-corrected chi connectivity index (χ0v) is 12.2. The molecule has 2 unspecified atom stereocenters. The molecule has 2 aromatic heterocycles. The molecular formula is C16H21N3O2. The van der Waals surface area contributed by atoms with E-state index in [1.54, 1.807) is 6.20 Å². The lowest BCUT2D eigenvalue weighted by Crippen LogP contribution is -2.42. The number of carbonyl (C=O) groups is 1. The second-order valence-electron chi connectivity index (χ2n) is 5.81. The maximum Gasteiger partial charge on any atom is 0.271 e. The molecule has 2 N–H and O–H groups in total. The van der Waals surface area contributed by atoms with E-state index in [1.807, 2.05) is 29.5 Å². The van der Waals surface area contributed by atoms with Crippen LogP contribution in [0.5, 0.6) is 0 Å². The van der Waals surface area contributed by atoms with Gasteiger partial charge in [0.1, 0.15) is 11.3 Å². The van der Waals surface area contributed by atoms with Gasteiger partial charge in [0.15, 0.2) is 0 Å². The molecule has 2 aromatic rings. The number of aliphatic hydroxyl groups is 1. The summed E-state index contributed by atoms with van der Waals surface area (Å²) in [5.41, 5.74) is 2.20. The Morgan fingerprint density at radius 1 is 1.33 bits per heavy atom. The summed E-state index contributed by atoms with van der Waals surface area (Å²) >= 11 is 0. The highest BCUT2D eigenvalue weighted by Gasteiger charge is 2.24. The molecule has 1 aliphatic rings. The molecule has 2 atom stereocenters. The summed E-state index contributed by atoms with van der Waals surface area (Å²) in [7, 11) is 0. The minimum absolute atomic E-state index is 0.161. The number of fused-ring (bicyclic) bond motifs is 1. The number of amides is 1. The molecule has 0 spiro atoms.